The van der Waals surface area contributed by atoms with Gasteiger partial charge in [0.2, 0.25) is 5.79 Å². The number of halogens is 2. The molecular formula is C23H25Cl2N3O4. The highest BCUT2D eigenvalue weighted by atomic mass is 35.5. The Bertz CT molecular complexity index is 1000. The van der Waals surface area contributed by atoms with Crippen LogP contribution in [0, 0.1) is 0 Å². The Morgan fingerprint density at radius 1 is 1.22 bits per heavy atom. The number of rotatable bonds is 10. The minimum absolute atomic E-state index is 0.119. The molecule has 0 amide bonds. The SMILES string of the molecule is OCCNCc1ccc(OC[C@@H]2CO[C@@](Cn3ccnc3)(c3ccc(Cl)cc3Cl)O2)cc1. The van der Waals surface area contributed by atoms with Crippen molar-refractivity contribution in [2.45, 2.75) is 25.0 Å². The van der Waals surface area contributed by atoms with Crippen molar-refractivity contribution in [3.63, 3.8) is 0 Å². The lowest BCUT2D eigenvalue weighted by Gasteiger charge is -2.30. The number of nitrogens with one attached hydrogen (secondary N) is 1. The van der Waals surface area contributed by atoms with Crippen LogP contribution in [0.1, 0.15) is 11.1 Å². The molecule has 0 spiro atoms. The van der Waals surface area contributed by atoms with Crippen LogP contribution in [-0.4, -0.2) is 47.1 Å². The molecule has 0 radical (unpaired) electrons. The average Bonchev–Trinajstić information content (AvgIpc) is 3.44. The maximum atomic E-state index is 8.85. The quantitative estimate of drug-likeness (QED) is 0.434. The van der Waals surface area contributed by atoms with Gasteiger partial charge in [0.05, 0.1) is 31.1 Å². The fourth-order valence-corrected chi connectivity index (χ4v) is 4.13. The van der Waals surface area contributed by atoms with Crippen LogP contribution in [0.25, 0.3) is 0 Å². The monoisotopic (exact) mass is 477 g/mol. The largest absolute Gasteiger partial charge is 0.491 e. The van der Waals surface area contributed by atoms with Crippen molar-refractivity contribution >= 4 is 23.2 Å². The number of aliphatic hydroxyl groups excluding tert-OH is 1. The number of nitrogens with zero attached hydrogens (tertiary/aromatic N) is 2. The second-order valence-corrected chi connectivity index (χ2v) is 8.36. The van der Waals surface area contributed by atoms with Gasteiger partial charge in [-0.3, -0.25) is 0 Å². The Morgan fingerprint density at radius 3 is 2.78 bits per heavy atom. The van der Waals surface area contributed by atoms with Gasteiger partial charge in [-0.05, 0) is 29.8 Å². The first-order chi connectivity index (χ1) is 15.6. The smallest absolute Gasteiger partial charge is 0.215 e. The number of imidazole rings is 1. The summed E-state index contributed by atoms with van der Waals surface area (Å²) in [5.74, 6) is -0.324. The van der Waals surface area contributed by atoms with E-state index in [1.165, 1.54) is 0 Å². The molecule has 2 atom stereocenters. The molecule has 1 aliphatic heterocycles. The van der Waals surface area contributed by atoms with E-state index >= 15 is 0 Å². The number of benzene rings is 2. The second kappa shape index (κ2) is 10.7. The van der Waals surface area contributed by atoms with E-state index in [-0.39, 0.29) is 12.7 Å². The molecule has 32 heavy (non-hydrogen) atoms. The predicted octanol–water partition coefficient (Wildman–Crippen LogP) is 3.62. The van der Waals surface area contributed by atoms with E-state index in [9.17, 15) is 0 Å². The molecule has 0 aliphatic carbocycles. The van der Waals surface area contributed by atoms with Gasteiger partial charge in [0.1, 0.15) is 18.5 Å². The zero-order chi connectivity index (χ0) is 22.4. The summed E-state index contributed by atoms with van der Waals surface area (Å²) < 4.78 is 20.4. The van der Waals surface area contributed by atoms with Crippen LogP contribution in [0.3, 0.4) is 0 Å². The number of hydrogen-bond acceptors (Lipinski definition) is 6. The van der Waals surface area contributed by atoms with Crippen LogP contribution in [0.2, 0.25) is 10.0 Å². The number of aromatic nitrogens is 2. The minimum Gasteiger partial charge on any atom is -0.491 e. The summed E-state index contributed by atoms with van der Waals surface area (Å²) in [4.78, 5) is 4.11. The highest BCUT2D eigenvalue weighted by Crippen LogP contribution is 2.40. The zero-order valence-corrected chi connectivity index (χ0v) is 18.9. The van der Waals surface area contributed by atoms with E-state index in [0.717, 1.165) is 11.3 Å². The Labute approximate surface area is 196 Å². The van der Waals surface area contributed by atoms with E-state index < -0.39 is 5.79 Å². The molecule has 0 saturated carbocycles. The third-order valence-electron chi connectivity index (χ3n) is 5.13. The molecular weight excluding hydrogens is 453 g/mol. The van der Waals surface area contributed by atoms with Gasteiger partial charge in [-0.25, -0.2) is 4.98 Å². The number of hydrogen-bond donors (Lipinski definition) is 2. The van der Waals surface area contributed by atoms with Crippen molar-refractivity contribution < 1.29 is 19.3 Å². The van der Waals surface area contributed by atoms with Crippen LogP contribution in [-0.2, 0) is 28.4 Å². The van der Waals surface area contributed by atoms with E-state index in [1.807, 2.05) is 41.1 Å². The molecule has 0 unspecified atom stereocenters. The number of ether oxygens (including phenoxy) is 3. The summed E-state index contributed by atoms with van der Waals surface area (Å²) in [6.45, 7) is 2.46. The van der Waals surface area contributed by atoms with Gasteiger partial charge in [0.15, 0.2) is 0 Å². The first-order valence-corrected chi connectivity index (χ1v) is 11.1. The van der Waals surface area contributed by atoms with Crippen LogP contribution in [0.5, 0.6) is 5.75 Å². The van der Waals surface area contributed by atoms with Crippen molar-refractivity contribution in [2.75, 3.05) is 26.4 Å². The summed E-state index contributed by atoms with van der Waals surface area (Å²) >= 11 is 12.6. The van der Waals surface area contributed by atoms with Gasteiger partial charge in [0, 0.05) is 36.1 Å². The lowest BCUT2D eigenvalue weighted by molar-refractivity contribution is -0.189. The summed E-state index contributed by atoms with van der Waals surface area (Å²) in [6.07, 6.45) is 4.98. The minimum atomic E-state index is -1.07. The Morgan fingerprint density at radius 2 is 2.06 bits per heavy atom. The number of aliphatic hydroxyl groups is 1. The van der Waals surface area contributed by atoms with Crippen molar-refractivity contribution in [1.82, 2.24) is 14.9 Å². The van der Waals surface area contributed by atoms with Crippen LogP contribution >= 0.6 is 23.2 Å². The second-order valence-electron chi connectivity index (χ2n) is 7.52. The van der Waals surface area contributed by atoms with Crippen molar-refractivity contribution in [3.8, 4) is 5.75 Å². The first kappa shape index (κ1) is 23.0. The van der Waals surface area contributed by atoms with Crippen molar-refractivity contribution in [1.29, 1.82) is 0 Å². The molecule has 1 saturated heterocycles. The van der Waals surface area contributed by atoms with E-state index in [1.54, 1.807) is 24.7 Å². The van der Waals surface area contributed by atoms with E-state index in [0.29, 0.717) is 48.5 Å². The molecule has 4 rings (SSSR count). The lowest BCUT2D eigenvalue weighted by atomic mass is 10.1. The van der Waals surface area contributed by atoms with Crippen LogP contribution < -0.4 is 10.1 Å². The van der Waals surface area contributed by atoms with Gasteiger partial charge in [-0.1, -0.05) is 41.4 Å². The van der Waals surface area contributed by atoms with Crippen molar-refractivity contribution in [2.24, 2.45) is 0 Å². The lowest BCUT2D eigenvalue weighted by Crippen LogP contribution is -2.34. The fraction of sp³-hybridized carbons (Fsp3) is 0.348. The summed E-state index contributed by atoms with van der Waals surface area (Å²) in [6, 6.07) is 13.1. The third kappa shape index (κ3) is 5.61. The maximum Gasteiger partial charge on any atom is 0.215 e. The van der Waals surface area contributed by atoms with Gasteiger partial charge >= 0.3 is 0 Å². The Balaban J connectivity index is 1.42. The predicted molar refractivity (Wildman–Crippen MR) is 122 cm³/mol. The first-order valence-electron chi connectivity index (χ1n) is 10.3. The fourth-order valence-electron chi connectivity index (χ4n) is 3.58. The average molecular weight is 478 g/mol. The molecule has 170 valence electrons. The molecule has 3 aromatic rings. The zero-order valence-electron chi connectivity index (χ0n) is 17.4. The van der Waals surface area contributed by atoms with Gasteiger partial charge in [-0.15, -0.1) is 0 Å². The standard InChI is InChI=1S/C23H25Cl2N3O4/c24-18-3-6-21(22(25)11-18)23(15-28-9-7-27-16-28)31-14-20(32-23)13-30-19-4-1-17(2-5-19)12-26-8-10-29/h1-7,9,11,16,20,26,29H,8,10,12-15H2/t20-,23-/m1/s1. The highest BCUT2D eigenvalue weighted by molar-refractivity contribution is 6.35. The van der Waals surface area contributed by atoms with Crippen LogP contribution in [0.4, 0.5) is 0 Å². The summed E-state index contributed by atoms with van der Waals surface area (Å²) in [5, 5.41) is 13.0. The molecule has 7 nitrogen and oxygen atoms in total. The normalized spacial score (nSPS) is 20.5. The molecule has 9 heteroatoms. The van der Waals surface area contributed by atoms with E-state index in [4.69, 9.17) is 42.5 Å². The molecule has 2 aromatic carbocycles. The van der Waals surface area contributed by atoms with Gasteiger partial charge in [-0.2, -0.15) is 0 Å². The maximum absolute atomic E-state index is 8.85. The molecule has 1 aliphatic rings. The van der Waals surface area contributed by atoms with Crippen LogP contribution in [0.15, 0.2) is 61.2 Å². The molecule has 2 N–H and O–H groups in total. The topological polar surface area (TPSA) is 77.8 Å². The summed E-state index contributed by atoms with van der Waals surface area (Å²) in [5.41, 5.74) is 1.82. The third-order valence-corrected chi connectivity index (χ3v) is 5.68. The van der Waals surface area contributed by atoms with Crippen molar-refractivity contribution in [3.05, 3.63) is 82.4 Å². The highest BCUT2D eigenvalue weighted by Gasteiger charge is 2.45. The molecule has 0 bridgehead atoms. The molecule has 1 aromatic heterocycles. The molecule has 2 heterocycles. The van der Waals surface area contributed by atoms with E-state index in [2.05, 4.69) is 10.3 Å². The van der Waals surface area contributed by atoms with Gasteiger partial charge in [0.25, 0.3) is 0 Å². The Hall–Kier alpha value is -2.13. The Kier molecular flexibility index (Phi) is 7.67. The van der Waals surface area contributed by atoms with Gasteiger partial charge < -0.3 is 29.2 Å². The summed E-state index contributed by atoms with van der Waals surface area (Å²) in [7, 11) is 0. The molecule has 1 fully saturated rings.